The molecule has 0 bridgehead atoms. The van der Waals surface area contributed by atoms with Gasteiger partial charge in [-0.1, -0.05) is 6.07 Å². The molecule has 7 nitrogen and oxygen atoms in total. The standard InChI is InChI=1S/C26H30F2N4O3S/c1-35-18-5-6-22-19(16-18)24(21(28)17-30-22)20(27)7-8-26(25(33)31-34)9-12-32(13-10-26)14-15-36-23-4-2-3-11-29-23/h2-6,11,16-17,20,34H,7-10,12-15H2,1H3,(H,31,33)/t20-/m1/s1. The lowest BCUT2D eigenvalue weighted by atomic mass is 9.73. The van der Waals surface area contributed by atoms with Gasteiger partial charge in [-0.05, 0) is 69.1 Å². The average Bonchev–Trinajstić information content (AvgIpc) is 2.92. The molecule has 1 amide bonds. The number of halogens is 2. The first kappa shape index (κ1) is 26.2. The molecule has 192 valence electrons. The molecule has 4 rings (SSSR count). The molecule has 0 spiro atoms. The van der Waals surface area contributed by atoms with Crippen LogP contribution in [0.3, 0.4) is 0 Å². The summed E-state index contributed by atoms with van der Waals surface area (Å²) in [6.45, 7) is 2.13. The Morgan fingerprint density at radius 2 is 2.08 bits per heavy atom. The number of hydroxylamine groups is 1. The predicted molar refractivity (Wildman–Crippen MR) is 134 cm³/mol. The number of carbonyl (C=O) groups is 1. The van der Waals surface area contributed by atoms with Crippen LogP contribution in [0.1, 0.15) is 37.4 Å². The van der Waals surface area contributed by atoms with Gasteiger partial charge in [0.15, 0.2) is 0 Å². The molecule has 10 heteroatoms. The highest BCUT2D eigenvalue weighted by Crippen LogP contribution is 2.41. The Labute approximate surface area is 213 Å². The Morgan fingerprint density at radius 1 is 1.28 bits per heavy atom. The van der Waals surface area contributed by atoms with Crippen LogP contribution in [0.2, 0.25) is 0 Å². The Kier molecular flexibility index (Phi) is 8.71. The van der Waals surface area contributed by atoms with Gasteiger partial charge >= 0.3 is 0 Å². The second-order valence-electron chi connectivity index (χ2n) is 8.99. The van der Waals surface area contributed by atoms with Crippen molar-refractivity contribution in [2.75, 3.05) is 32.5 Å². The summed E-state index contributed by atoms with van der Waals surface area (Å²) in [4.78, 5) is 23.3. The van der Waals surface area contributed by atoms with Gasteiger partial charge in [0, 0.05) is 29.4 Å². The molecule has 0 saturated carbocycles. The number of hydrogen-bond acceptors (Lipinski definition) is 7. The van der Waals surface area contributed by atoms with Crippen molar-refractivity contribution < 1.29 is 23.5 Å². The molecule has 3 heterocycles. The predicted octanol–water partition coefficient (Wildman–Crippen LogP) is 4.95. The van der Waals surface area contributed by atoms with Crippen LogP contribution in [-0.2, 0) is 4.79 Å². The number of hydrogen-bond donors (Lipinski definition) is 2. The van der Waals surface area contributed by atoms with Gasteiger partial charge in [-0.3, -0.25) is 15.0 Å². The zero-order valence-corrected chi connectivity index (χ0v) is 20.9. The van der Waals surface area contributed by atoms with E-state index in [1.165, 1.54) is 7.11 Å². The molecule has 0 unspecified atom stereocenters. The number of ether oxygens (including phenoxy) is 1. The minimum absolute atomic E-state index is 0.0593. The average molecular weight is 517 g/mol. The number of likely N-dealkylation sites (tertiary alicyclic amines) is 1. The molecule has 0 radical (unpaired) electrons. The van der Waals surface area contributed by atoms with Crippen LogP contribution >= 0.6 is 11.8 Å². The molecule has 1 saturated heterocycles. The van der Waals surface area contributed by atoms with Crippen LogP contribution in [-0.4, -0.2) is 58.5 Å². The lowest BCUT2D eigenvalue weighted by Gasteiger charge is -2.40. The third-order valence-electron chi connectivity index (χ3n) is 6.95. The van der Waals surface area contributed by atoms with E-state index in [2.05, 4.69) is 14.9 Å². The smallest absolute Gasteiger partial charge is 0.249 e. The Bertz CT molecular complexity index is 1180. The maximum absolute atomic E-state index is 15.5. The SMILES string of the molecule is COc1ccc2ncc(F)c([C@H](F)CCC3(C(=O)NO)CCN(CCSc4ccccn4)CC3)c2c1. The monoisotopic (exact) mass is 516 g/mol. The first-order chi connectivity index (χ1) is 17.5. The van der Waals surface area contributed by atoms with E-state index in [0.29, 0.717) is 42.6 Å². The number of fused-ring (bicyclic) bond motifs is 1. The molecule has 0 aliphatic carbocycles. The molecule has 1 aromatic carbocycles. The number of methoxy groups -OCH3 is 1. The van der Waals surface area contributed by atoms with Crippen molar-refractivity contribution in [1.82, 2.24) is 20.3 Å². The summed E-state index contributed by atoms with van der Waals surface area (Å²) < 4.78 is 35.5. The number of piperidine rings is 1. The molecule has 3 aromatic rings. The van der Waals surface area contributed by atoms with E-state index in [4.69, 9.17) is 4.74 Å². The zero-order valence-electron chi connectivity index (χ0n) is 20.1. The molecule has 1 atom stereocenters. The summed E-state index contributed by atoms with van der Waals surface area (Å²) in [6.07, 6.45) is 2.23. The normalized spacial score (nSPS) is 16.6. The molecular formula is C26H30F2N4O3S. The molecule has 2 aromatic heterocycles. The number of carbonyl (C=O) groups excluding carboxylic acids is 1. The number of nitrogens with one attached hydrogen (secondary N) is 1. The number of aromatic nitrogens is 2. The fourth-order valence-corrected chi connectivity index (χ4v) is 5.65. The van der Waals surface area contributed by atoms with E-state index in [9.17, 15) is 14.4 Å². The minimum atomic E-state index is -1.64. The van der Waals surface area contributed by atoms with Crippen molar-refractivity contribution >= 4 is 28.6 Å². The van der Waals surface area contributed by atoms with Gasteiger partial charge in [0.05, 0.1) is 29.3 Å². The van der Waals surface area contributed by atoms with Gasteiger partial charge in [0.1, 0.15) is 17.7 Å². The highest BCUT2D eigenvalue weighted by Gasteiger charge is 2.41. The van der Waals surface area contributed by atoms with Gasteiger partial charge in [-0.25, -0.2) is 19.2 Å². The Morgan fingerprint density at radius 3 is 2.78 bits per heavy atom. The van der Waals surface area contributed by atoms with Crippen LogP contribution in [0.4, 0.5) is 8.78 Å². The topological polar surface area (TPSA) is 87.6 Å². The van der Waals surface area contributed by atoms with Crippen molar-refractivity contribution in [1.29, 1.82) is 0 Å². The first-order valence-electron chi connectivity index (χ1n) is 11.9. The van der Waals surface area contributed by atoms with Crippen LogP contribution < -0.4 is 10.2 Å². The van der Waals surface area contributed by atoms with E-state index in [0.717, 1.165) is 23.5 Å². The fourth-order valence-electron chi connectivity index (χ4n) is 4.79. The van der Waals surface area contributed by atoms with E-state index in [1.807, 2.05) is 18.2 Å². The van der Waals surface area contributed by atoms with Crippen molar-refractivity contribution in [3.63, 3.8) is 0 Å². The van der Waals surface area contributed by atoms with Crippen LogP contribution in [0, 0.1) is 11.2 Å². The fraction of sp³-hybridized carbons (Fsp3) is 0.423. The van der Waals surface area contributed by atoms with Crippen LogP contribution in [0.5, 0.6) is 5.75 Å². The number of pyridine rings is 2. The summed E-state index contributed by atoms with van der Waals surface area (Å²) in [5.74, 6) is 0.0943. The van der Waals surface area contributed by atoms with E-state index >= 15 is 4.39 Å². The van der Waals surface area contributed by atoms with Gasteiger partial charge in [0.2, 0.25) is 5.91 Å². The van der Waals surface area contributed by atoms with E-state index in [-0.39, 0.29) is 18.4 Å². The van der Waals surface area contributed by atoms with Gasteiger partial charge < -0.3 is 9.64 Å². The first-order valence-corrected chi connectivity index (χ1v) is 12.9. The van der Waals surface area contributed by atoms with Crippen molar-refractivity contribution in [2.45, 2.75) is 36.9 Å². The zero-order chi connectivity index (χ0) is 25.5. The molecule has 1 fully saturated rings. The largest absolute Gasteiger partial charge is 0.497 e. The van der Waals surface area contributed by atoms with Crippen LogP contribution in [0.25, 0.3) is 10.9 Å². The minimum Gasteiger partial charge on any atom is -0.497 e. The summed E-state index contributed by atoms with van der Waals surface area (Å²) >= 11 is 1.67. The second-order valence-corrected chi connectivity index (χ2v) is 10.1. The van der Waals surface area contributed by atoms with Gasteiger partial charge in [-0.15, -0.1) is 11.8 Å². The summed E-state index contributed by atoms with van der Waals surface area (Å²) in [5.41, 5.74) is 1.25. The third-order valence-corrected chi connectivity index (χ3v) is 7.87. The quantitative estimate of drug-likeness (QED) is 0.224. The Hall–Kier alpha value is -2.82. The number of amides is 1. The maximum atomic E-state index is 15.5. The number of benzene rings is 1. The van der Waals surface area contributed by atoms with Crippen LogP contribution in [0.15, 0.2) is 53.8 Å². The number of alkyl halides is 1. The maximum Gasteiger partial charge on any atom is 0.249 e. The molecule has 1 aliphatic rings. The number of nitrogens with zero attached hydrogens (tertiary/aromatic N) is 3. The molecular weight excluding hydrogens is 486 g/mol. The number of thioether (sulfide) groups is 1. The lowest BCUT2D eigenvalue weighted by Crippen LogP contribution is -2.48. The van der Waals surface area contributed by atoms with Gasteiger partial charge in [0.25, 0.3) is 0 Å². The van der Waals surface area contributed by atoms with Crippen molar-refractivity contribution in [2.24, 2.45) is 5.41 Å². The lowest BCUT2D eigenvalue weighted by molar-refractivity contribution is -0.143. The van der Waals surface area contributed by atoms with E-state index < -0.39 is 23.3 Å². The highest BCUT2D eigenvalue weighted by atomic mass is 32.2. The third kappa shape index (κ3) is 5.93. The number of rotatable bonds is 10. The summed E-state index contributed by atoms with van der Waals surface area (Å²) in [5, 5.41) is 10.7. The summed E-state index contributed by atoms with van der Waals surface area (Å²) in [6, 6.07) is 10.7. The second kappa shape index (κ2) is 11.9. The summed E-state index contributed by atoms with van der Waals surface area (Å²) in [7, 11) is 1.49. The molecule has 1 aliphatic heterocycles. The molecule has 36 heavy (non-hydrogen) atoms. The highest BCUT2D eigenvalue weighted by molar-refractivity contribution is 7.99. The van der Waals surface area contributed by atoms with E-state index in [1.54, 1.807) is 41.6 Å². The molecule has 2 N–H and O–H groups in total. The van der Waals surface area contributed by atoms with Crippen molar-refractivity contribution in [3.8, 4) is 5.75 Å². The van der Waals surface area contributed by atoms with Gasteiger partial charge in [-0.2, -0.15) is 0 Å². The van der Waals surface area contributed by atoms with Crippen molar-refractivity contribution in [3.05, 3.63) is 60.2 Å². The Balaban J connectivity index is 1.40.